The molecule has 7 heteroatoms. The number of nitrogens with zero attached hydrogens (tertiary/aromatic N) is 1. The Morgan fingerprint density at radius 2 is 2.26 bits per heavy atom. The van der Waals surface area contributed by atoms with E-state index in [1.807, 2.05) is 36.9 Å². The standard InChI is InChI=1S/C16H24ClN3OS.HI/c1-3-21-15-9-13(17)7-6-12(15)10-19-16(18-2)20-11-14-5-4-8-22-14;/h6-7,9,14H,3-5,8,10-11H2,1-2H3,(H2,18,19,20);1H. The van der Waals surface area contributed by atoms with E-state index in [1.165, 1.54) is 18.6 Å². The summed E-state index contributed by atoms with van der Waals surface area (Å²) >= 11 is 8.07. The first-order valence-corrected chi connectivity index (χ1v) is 9.13. The molecule has 0 spiro atoms. The van der Waals surface area contributed by atoms with Gasteiger partial charge in [0.15, 0.2) is 5.96 Å². The van der Waals surface area contributed by atoms with Gasteiger partial charge >= 0.3 is 0 Å². The summed E-state index contributed by atoms with van der Waals surface area (Å²) in [7, 11) is 1.79. The normalized spacial score (nSPS) is 17.5. The van der Waals surface area contributed by atoms with Crippen LogP contribution < -0.4 is 15.4 Å². The first-order valence-electron chi connectivity index (χ1n) is 7.70. The summed E-state index contributed by atoms with van der Waals surface area (Å²) in [6, 6.07) is 5.72. The fraction of sp³-hybridized carbons (Fsp3) is 0.562. The number of halogens is 2. The lowest BCUT2D eigenvalue weighted by Crippen LogP contribution is -2.39. The number of thioether (sulfide) groups is 1. The van der Waals surface area contributed by atoms with Gasteiger partial charge in [0.05, 0.1) is 6.61 Å². The van der Waals surface area contributed by atoms with Crippen molar-refractivity contribution in [3.8, 4) is 5.75 Å². The number of benzene rings is 1. The maximum atomic E-state index is 6.03. The van der Waals surface area contributed by atoms with Crippen molar-refractivity contribution in [3.05, 3.63) is 28.8 Å². The van der Waals surface area contributed by atoms with E-state index in [1.54, 1.807) is 7.05 Å². The SMILES string of the molecule is CCOc1cc(Cl)ccc1CNC(=NC)NCC1CCCS1.I. The molecule has 0 saturated carbocycles. The molecule has 1 atom stereocenters. The number of guanidine groups is 1. The molecule has 0 aliphatic carbocycles. The van der Waals surface area contributed by atoms with Crippen LogP contribution in [0.25, 0.3) is 0 Å². The fourth-order valence-electron chi connectivity index (χ4n) is 2.38. The number of hydrogen-bond acceptors (Lipinski definition) is 3. The van der Waals surface area contributed by atoms with E-state index in [0.717, 1.165) is 23.8 Å². The Morgan fingerprint density at radius 3 is 2.91 bits per heavy atom. The molecule has 2 rings (SSSR count). The average molecular weight is 470 g/mol. The molecule has 130 valence electrons. The summed E-state index contributed by atoms with van der Waals surface area (Å²) in [5.41, 5.74) is 1.07. The third-order valence-electron chi connectivity index (χ3n) is 3.52. The summed E-state index contributed by atoms with van der Waals surface area (Å²) in [6.07, 6.45) is 2.62. The van der Waals surface area contributed by atoms with Crippen LogP contribution in [0, 0.1) is 0 Å². The van der Waals surface area contributed by atoms with Gasteiger partial charge in [0.1, 0.15) is 5.75 Å². The molecule has 1 fully saturated rings. The predicted octanol–water partition coefficient (Wildman–Crippen LogP) is 3.92. The van der Waals surface area contributed by atoms with Gasteiger partial charge in [0.2, 0.25) is 0 Å². The third-order valence-corrected chi connectivity index (χ3v) is 5.15. The molecule has 0 bridgehead atoms. The molecule has 1 aliphatic heterocycles. The van der Waals surface area contributed by atoms with Crippen LogP contribution in [0.3, 0.4) is 0 Å². The first kappa shape index (κ1) is 20.7. The molecule has 0 radical (unpaired) electrons. The monoisotopic (exact) mass is 469 g/mol. The molecule has 23 heavy (non-hydrogen) atoms. The van der Waals surface area contributed by atoms with E-state index < -0.39 is 0 Å². The first-order chi connectivity index (χ1) is 10.7. The van der Waals surface area contributed by atoms with Crippen molar-refractivity contribution in [1.82, 2.24) is 10.6 Å². The fourth-order valence-corrected chi connectivity index (χ4v) is 3.74. The zero-order chi connectivity index (χ0) is 15.8. The van der Waals surface area contributed by atoms with Crippen molar-refractivity contribution in [1.29, 1.82) is 0 Å². The lowest BCUT2D eigenvalue weighted by atomic mass is 10.2. The number of ether oxygens (including phenoxy) is 1. The van der Waals surface area contributed by atoms with E-state index in [9.17, 15) is 0 Å². The van der Waals surface area contributed by atoms with Gasteiger partial charge in [-0.1, -0.05) is 17.7 Å². The largest absolute Gasteiger partial charge is 0.493 e. The van der Waals surface area contributed by atoms with Gasteiger partial charge in [-0.2, -0.15) is 11.8 Å². The Kier molecular flexibility index (Phi) is 10.1. The Balaban J connectivity index is 0.00000264. The van der Waals surface area contributed by atoms with E-state index in [-0.39, 0.29) is 24.0 Å². The minimum absolute atomic E-state index is 0. The van der Waals surface area contributed by atoms with Crippen LogP contribution in [0.2, 0.25) is 5.02 Å². The minimum atomic E-state index is 0. The average Bonchev–Trinajstić information content (AvgIpc) is 3.03. The number of nitrogens with one attached hydrogen (secondary N) is 2. The molecule has 0 aromatic heterocycles. The van der Waals surface area contributed by atoms with Crippen LogP contribution in [0.15, 0.2) is 23.2 Å². The van der Waals surface area contributed by atoms with Crippen molar-refractivity contribution in [2.45, 2.75) is 31.6 Å². The van der Waals surface area contributed by atoms with Gasteiger partial charge in [0, 0.05) is 36.0 Å². The summed E-state index contributed by atoms with van der Waals surface area (Å²) in [5, 5.41) is 8.12. The van der Waals surface area contributed by atoms with Crippen LogP contribution in [0.5, 0.6) is 5.75 Å². The Hall–Kier alpha value is -0.340. The number of hydrogen-bond donors (Lipinski definition) is 2. The zero-order valence-electron chi connectivity index (χ0n) is 13.6. The van der Waals surface area contributed by atoms with Crippen molar-refractivity contribution in [2.75, 3.05) is 26.0 Å². The second kappa shape index (κ2) is 11.3. The quantitative estimate of drug-likeness (QED) is 0.377. The van der Waals surface area contributed by atoms with Gasteiger partial charge < -0.3 is 15.4 Å². The van der Waals surface area contributed by atoms with E-state index in [0.29, 0.717) is 23.4 Å². The Morgan fingerprint density at radius 1 is 1.43 bits per heavy atom. The van der Waals surface area contributed by atoms with Gasteiger partial charge in [-0.05, 0) is 37.7 Å². The highest BCUT2D eigenvalue weighted by atomic mass is 127. The van der Waals surface area contributed by atoms with Gasteiger partial charge in [0.25, 0.3) is 0 Å². The second-order valence-electron chi connectivity index (χ2n) is 5.13. The molecular weight excluding hydrogens is 445 g/mol. The van der Waals surface area contributed by atoms with Crippen molar-refractivity contribution in [2.24, 2.45) is 4.99 Å². The number of rotatable bonds is 6. The summed E-state index contributed by atoms with van der Waals surface area (Å²) in [5.74, 6) is 2.93. The highest BCUT2D eigenvalue weighted by molar-refractivity contribution is 14.0. The van der Waals surface area contributed by atoms with Crippen LogP contribution >= 0.6 is 47.3 Å². The molecular formula is C16H25ClIN3OS. The second-order valence-corrected chi connectivity index (χ2v) is 6.97. The number of aliphatic imine (C=N–C) groups is 1. The topological polar surface area (TPSA) is 45.6 Å². The zero-order valence-corrected chi connectivity index (χ0v) is 17.5. The summed E-state index contributed by atoms with van der Waals surface area (Å²) in [6.45, 7) is 4.21. The third kappa shape index (κ3) is 6.97. The van der Waals surface area contributed by atoms with Crippen molar-refractivity contribution >= 4 is 53.3 Å². The lowest BCUT2D eigenvalue weighted by Gasteiger charge is -2.16. The molecule has 1 saturated heterocycles. The van der Waals surface area contributed by atoms with Crippen LogP contribution in [-0.2, 0) is 6.54 Å². The highest BCUT2D eigenvalue weighted by Gasteiger charge is 2.15. The molecule has 1 aromatic carbocycles. The van der Waals surface area contributed by atoms with Crippen molar-refractivity contribution < 1.29 is 4.74 Å². The Bertz CT molecular complexity index is 510. The van der Waals surface area contributed by atoms with Gasteiger partial charge in [-0.3, -0.25) is 4.99 Å². The highest BCUT2D eigenvalue weighted by Crippen LogP contribution is 2.25. The van der Waals surface area contributed by atoms with Crippen LogP contribution in [0.1, 0.15) is 25.3 Å². The van der Waals surface area contributed by atoms with Crippen molar-refractivity contribution in [3.63, 3.8) is 0 Å². The molecule has 0 amide bonds. The molecule has 1 aromatic rings. The summed E-state index contributed by atoms with van der Waals surface area (Å²) < 4.78 is 5.64. The molecule has 2 N–H and O–H groups in total. The Labute approximate surface area is 165 Å². The maximum absolute atomic E-state index is 6.03. The van der Waals surface area contributed by atoms with E-state index >= 15 is 0 Å². The minimum Gasteiger partial charge on any atom is -0.493 e. The smallest absolute Gasteiger partial charge is 0.191 e. The molecule has 1 aliphatic rings. The van der Waals surface area contributed by atoms with E-state index in [4.69, 9.17) is 16.3 Å². The predicted molar refractivity (Wildman–Crippen MR) is 112 cm³/mol. The van der Waals surface area contributed by atoms with E-state index in [2.05, 4.69) is 15.6 Å². The summed E-state index contributed by atoms with van der Waals surface area (Å²) in [4.78, 5) is 4.28. The van der Waals surface area contributed by atoms with Gasteiger partial charge in [-0.15, -0.1) is 24.0 Å². The molecule has 1 heterocycles. The lowest BCUT2D eigenvalue weighted by molar-refractivity contribution is 0.336. The molecule has 1 unspecified atom stereocenters. The molecule has 4 nitrogen and oxygen atoms in total. The van der Waals surface area contributed by atoms with Gasteiger partial charge in [-0.25, -0.2) is 0 Å². The maximum Gasteiger partial charge on any atom is 0.191 e. The van der Waals surface area contributed by atoms with Crippen LogP contribution in [0.4, 0.5) is 0 Å². The van der Waals surface area contributed by atoms with Crippen LogP contribution in [-0.4, -0.2) is 37.2 Å².